The van der Waals surface area contributed by atoms with Gasteiger partial charge in [0.15, 0.2) is 0 Å². The van der Waals surface area contributed by atoms with Crippen LogP contribution < -0.4 is 20.7 Å². The van der Waals surface area contributed by atoms with Crippen LogP contribution in [0.5, 0.6) is 0 Å². The van der Waals surface area contributed by atoms with Gasteiger partial charge in [0.1, 0.15) is 12.5 Å². The molecule has 1 fully saturated rings. The Labute approximate surface area is 381 Å². The molecule has 5 heterocycles. The van der Waals surface area contributed by atoms with E-state index in [0.29, 0.717) is 28.3 Å². The zero-order valence-electron chi connectivity index (χ0n) is 39.0. The Kier molecular flexibility index (Phi) is 16.9. The number of aliphatic hydroxyl groups is 1. The summed E-state index contributed by atoms with van der Waals surface area (Å²) in [5.41, 5.74) is 11.3. The molecule has 0 aromatic carbocycles. The van der Waals surface area contributed by atoms with Gasteiger partial charge in [-0.1, -0.05) is 131 Å². The second-order valence-electron chi connectivity index (χ2n) is 18.3. The van der Waals surface area contributed by atoms with E-state index < -0.39 is 24.0 Å². The van der Waals surface area contributed by atoms with Crippen molar-refractivity contribution in [3.05, 3.63) is 95.4 Å². The molecule has 0 saturated carbocycles. The van der Waals surface area contributed by atoms with Crippen LogP contribution in [0.1, 0.15) is 159 Å². The van der Waals surface area contributed by atoms with E-state index in [2.05, 4.69) is 74.5 Å². The quantitative estimate of drug-likeness (QED) is 0.0955. The van der Waals surface area contributed by atoms with E-state index in [0.717, 1.165) is 82.7 Å². The fourth-order valence-corrected chi connectivity index (χ4v) is 10.1. The van der Waals surface area contributed by atoms with Crippen molar-refractivity contribution < 1.29 is 24.2 Å². The molecule has 8 atom stereocenters. The third kappa shape index (κ3) is 10.3. The summed E-state index contributed by atoms with van der Waals surface area (Å²) in [5.74, 6) is -0.304. The van der Waals surface area contributed by atoms with Crippen molar-refractivity contribution in [3.8, 4) is 0 Å². The van der Waals surface area contributed by atoms with E-state index in [9.17, 15) is 14.7 Å². The first kappa shape index (κ1) is 48.6. The van der Waals surface area contributed by atoms with E-state index in [4.69, 9.17) is 30.1 Å². The molecule has 10 heteroatoms. The molecule has 6 rings (SSSR count). The molecule has 3 aliphatic heterocycles. The summed E-state index contributed by atoms with van der Waals surface area (Å²) in [6.45, 7) is 22.1. The zero-order valence-corrected chi connectivity index (χ0v) is 40.4. The SMILES string of the molecule is CCc1c2[n-]c(c1C)/C=C1\[N-]C(=C(C)[C@H]1CC)/C=C1\[N-]C(C3=c4[n-]/c(c(C)c4[C@@H](O)[C@@H]3C(=O)OC)=C\2)[C@@H](CCC(=O)OC/C=C(\C)CCC[C@@H](C)CCC[C@H](C)CC)[C@@H]1C.[Mg+2]. The van der Waals surface area contributed by atoms with Crippen molar-refractivity contribution in [2.75, 3.05) is 13.7 Å². The smallest absolute Gasteiger partial charge is 0.681 e. The molecule has 0 amide bonds. The van der Waals surface area contributed by atoms with Gasteiger partial charge in [-0.3, -0.25) is 9.59 Å². The summed E-state index contributed by atoms with van der Waals surface area (Å²) in [6.07, 6.45) is 18.1. The number of aromatic nitrogens is 2. The first-order chi connectivity index (χ1) is 28.7. The maximum atomic E-state index is 13.6. The van der Waals surface area contributed by atoms with E-state index in [-0.39, 0.29) is 59.8 Å². The number of rotatable bonds is 17. The minimum absolute atomic E-state index is 0. The molecule has 61 heavy (non-hydrogen) atoms. The predicted molar refractivity (Wildman–Crippen MR) is 247 cm³/mol. The summed E-state index contributed by atoms with van der Waals surface area (Å²) < 4.78 is 11.1. The van der Waals surface area contributed by atoms with Crippen LogP contribution in [0.2, 0.25) is 0 Å². The van der Waals surface area contributed by atoms with Crippen LogP contribution in [0.25, 0.3) is 28.4 Å². The van der Waals surface area contributed by atoms with Crippen molar-refractivity contribution >= 4 is 52.7 Å². The minimum Gasteiger partial charge on any atom is -0.681 e. The second-order valence-corrected chi connectivity index (χ2v) is 18.3. The molecular formula is C51H70MgN4O5-2. The maximum Gasteiger partial charge on any atom is 2.00 e. The second kappa shape index (κ2) is 21.3. The van der Waals surface area contributed by atoms with Crippen molar-refractivity contribution in [1.82, 2.24) is 9.97 Å². The first-order valence-corrected chi connectivity index (χ1v) is 22.9. The Bertz CT molecular complexity index is 2170. The van der Waals surface area contributed by atoms with E-state index in [1.807, 2.05) is 19.1 Å². The molecule has 9 nitrogen and oxygen atoms in total. The van der Waals surface area contributed by atoms with Crippen LogP contribution in [0.15, 0.2) is 40.4 Å². The molecule has 1 N–H and O–H groups in total. The number of esters is 2. The number of nitrogens with zero attached hydrogens (tertiary/aromatic N) is 4. The van der Waals surface area contributed by atoms with Gasteiger partial charge in [0.25, 0.3) is 0 Å². The third-order valence-corrected chi connectivity index (χ3v) is 14.3. The molecule has 1 unspecified atom stereocenters. The standard InChI is InChI=1S/C51H70N4O5.Mg/c1-12-28(4)17-15-18-29(5)19-16-20-30(6)23-24-60-44(56)22-21-37-33(9)40-25-38-31(7)35(13-2)42(52-38)26-39-32(8)36(14-3)43(53-39)27-41-34(10)45-49(55-41)46(48(37)54-40)47(50(45)57)51(58)59-11;/h23,25-29,33,35,37,47-48,50,57H,12-22,24H2,1-11H3;/q-4;+2/b30-23+,40-25-,41-27-,42-26-;/t28-,29+,33+,35-,37+,47-,48?,50-;/m1./s1. The number of hydrogen-bond donors (Lipinski definition) is 1. The van der Waals surface area contributed by atoms with Crippen molar-refractivity contribution in [3.63, 3.8) is 0 Å². The van der Waals surface area contributed by atoms with Gasteiger partial charge in [-0.15, -0.1) is 27.8 Å². The third-order valence-electron chi connectivity index (χ3n) is 14.3. The normalized spacial score (nSPS) is 26.3. The number of aliphatic hydroxyl groups excluding tert-OH is 1. The van der Waals surface area contributed by atoms with Gasteiger partial charge in [0.05, 0.1) is 13.2 Å². The van der Waals surface area contributed by atoms with E-state index >= 15 is 0 Å². The van der Waals surface area contributed by atoms with Gasteiger partial charge < -0.3 is 35.2 Å². The number of carbonyl (C=O) groups is 2. The number of methoxy groups -OCH3 is 1. The first-order valence-electron chi connectivity index (χ1n) is 22.9. The summed E-state index contributed by atoms with van der Waals surface area (Å²) >= 11 is 0. The minimum atomic E-state index is -1.14. The van der Waals surface area contributed by atoms with E-state index in [1.165, 1.54) is 50.4 Å². The van der Waals surface area contributed by atoms with Crippen molar-refractivity contribution in [2.24, 2.45) is 35.5 Å². The number of fused-ring (bicyclic) bond motifs is 8. The largest absolute Gasteiger partial charge is 2.00 e. The van der Waals surface area contributed by atoms with Gasteiger partial charge in [-0.2, -0.15) is 11.4 Å². The van der Waals surface area contributed by atoms with E-state index in [1.54, 1.807) is 0 Å². The molecule has 4 aliphatic rings. The Morgan fingerprint density at radius 3 is 2.33 bits per heavy atom. The van der Waals surface area contributed by atoms with Crippen LogP contribution in [0, 0.1) is 49.4 Å². The Morgan fingerprint density at radius 2 is 1.64 bits per heavy atom. The summed E-state index contributed by atoms with van der Waals surface area (Å²) in [4.78, 5) is 37.3. The number of ether oxygens (including phenoxy) is 2. The van der Waals surface area contributed by atoms with Gasteiger partial charge >= 0.3 is 35.0 Å². The maximum absolute atomic E-state index is 13.6. The van der Waals surface area contributed by atoms with Gasteiger partial charge in [-0.05, 0) is 101 Å². The molecule has 1 aliphatic carbocycles. The number of carbonyl (C=O) groups excluding carboxylic acids is 2. The summed E-state index contributed by atoms with van der Waals surface area (Å²) in [5, 5.41) is 23.9. The number of allylic oxidation sites excluding steroid dienone is 4. The van der Waals surface area contributed by atoms with Gasteiger partial charge in [-0.25, -0.2) is 0 Å². The zero-order chi connectivity index (χ0) is 43.4. The Morgan fingerprint density at radius 1 is 0.918 bits per heavy atom. The Balaban J connectivity index is 0.00000704. The van der Waals surface area contributed by atoms with Crippen molar-refractivity contribution in [2.45, 2.75) is 152 Å². The fraction of sp³-hybridized carbons (Fsp3) is 0.608. The molecule has 2 aromatic heterocycles. The monoisotopic (exact) mass is 843 g/mol. The van der Waals surface area contributed by atoms with Crippen LogP contribution >= 0.6 is 0 Å². The van der Waals surface area contributed by atoms with Gasteiger partial charge in [0, 0.05) is 6.42 Å². The Hall–Kier alpha value is -3.47. The average molecular weight is 843 g/mol. The molecule has 328 valence electrons. The van der Waals surface area contributed by atoms with Crippen LogP contribution in [0.4, 0.5) is 0 Å². The van der Waals surface area contributed by atoms with Crippen LogP contribution in [0.3, 0.4) is 0 Å². The molecule has 0 spiro atoms. The van der Waals surface area contributed by atoms with Crippen molar-refractivity contribution in [1.29, 1.82) is 0 Å². The molecule has 1 saturated heterocycles. The van der Waals surface area contributed by atoms with Crippen LogP contribution in [-0.4, -0.2) is 59.9 Å². The molecule has 8 bridgehead atoms. The topological polar surface area (TPSA) is 129 Å². The summed E-state index contributed by atoms with van der Waals surface area (Å²) in [6, 6.07) is -0.523. The number of hydrogen-bond acceptors (Lipinski definition) is 5. The average Bonchev–Trinajstić information content (AvgIpc) is 3.97. The predicted octanol–water partition coefficient (Wildman–Crippen LogP) is 9.44. The fourth-order valence-electron chi connectivity index (χ4n) is 10.1. The molecule has 2 aromatic rings. The van der Waals surface area contributed by atoms with Crippen LogP contribution in [-0.2, 0) is 25.5 Å². The molecular weight excluding hydrogens is 773 g/mol. The molecule has 0 radical (unpaired) electrons. The summed E-state index contributed by atoms with van der Waals surface area (Å²) in [7, 11) is 1.35. The van der Waals surface area contributed by atoms with Gasteiger partial charge in [0.2, 0.25) is 0 Å².